The molecule has 2 heterocycles. The lowest BCUT2D eigenvalue weighted by Gasteiger charge is -2.22. The van der Waals surface area contributed by atoms with Crippen molar-refractivity contribution < 1.29 is 19.1 Å². The van der Waals surface area contributed by atoms with E-state index < -0.39 is 29.7 Å². The maximum absolute atomic E-state index is 13.3. The highest BCUT2D eigenvalue weighted by molar-refractivity contribution is 9.10. The van der Waals surface area contributed by atoms with E-state index in [1.54, 1.807) is 37.3 Å². The maximum atomic E-state index is 13.3. The zero-order valence-corrected chi connectivity index (χ0v) is 17.4. The van der Waals surface area contributed by atoms with Crippen LogP contribution in [0.3, 0.4) is 0 Å². The Morgan fingerprint density at radius 3 is 2.48 bits per heavy atom. The largest absolute Gasteiger partial charge is 0.461 e. The molecule has 2 aliphatic rings. The second kappa shape index (κ2) is 7.44. The summed E-state index contributed by atoms with van der Waals surface area (Å²) < 4.78 is 5.93. The summed E-state index contributed by atoms with van der Waals surface area (Å²) in [6.45, 7) is 3.75. The number of carbonyl (C=O) groups excluding carboxylic acids is 3. The van der Waals surface area contributed by atoms with E-state index >= 15 is 0 Å². The Morgan fingerprint density at radius 1 is 1.10 bits per heavy atom. The fourth-order valence-corrected chi connectivity index (χ4v) is 3.88. The quantitative estimate of drug-likeness (QED) is 0.522. The number of nitrogens with zero attached hydrogens (tertiary/aromatic N) is 3. The maximum Gasteiger partial charge on any atom is 0.355 e. The first-order valence-corrected chi connectivity index (χ1v) is 9.96. The number of benzene rings is 2. The van der Waals surface area contributed by atoms with E-state index in [-0.39, 0.29) is 12.3 Å². The molecule has 2 atom stereocenters. The van der Waals surface area contributed by atoms with Crippen LogP contribution < -0.4 is 9.91 Å². The van der Waals surface area contributed by atoms with Crippen molar-refractivity contribution in [1.29, 1.82) is 0 Å². The summed E-state index contributed by atoms with van der Waals surface area (Å²) >= 11 is 3.35. The highest BCUT2D eigenvalue weighted by Crippen LogP contribution is 2.38. The van der Waals surface area contributed by atoms with Gasteiger partial charge in [0, 0.05) is 4.47 Å². The average molecular weight is 456 g/mol. The number of hydrogen-bond acceptors (Lipinski definition) is 6. The summed E-state index contributed by atoms with van der Waals surface area (Å²) in [5, 5.41) is 5.81. The van der Waals surface area contributed by atoms with Crippen LogP contribution in [0.1, 0.15) is 12.5 Å². The molecule has 1 fully saturated rings. The molecular formula is C21H18BrN3O4. The smallest absolute Gasteiger partial charge is 0.355 e. The Balaban J connectivity index is 1.79. The molecule has 2 amide bonds. The first-order chi connectivity index (χ1) is 13.9. The Bertz CT molecular complexity index is 1030. The molecule has 29 heavy (non-hydrogen) atoms. The van der Waals surface area contributed by atoms with Gasteiger partial charge in [-0.25, -0.2) is 9.69 Å². The molecule has 148 valence electrons. The average Bonchev–Trinajstić information content (AvgIpc) is 3.21. The van der Waals surface area contributed by atoms with Gasteiger partial charge in [0.15, 0.2) is 5.71 Å². The lowest BCUT2D eigenvalue weighted by atomic mass is 9.97. The van der Waals surface area contributed by atoms with E-state index in [0.717, 1.165) is 14.9 Å². The Morgan fingerprint density at radius 2 is 1.83 bits per heavy atom. The van der Waals surface area contributed by atoms with Gasteiger partial charge in [-0.1, -0.05) is 28.1 Å². The number of halogens is 1. The molecule has 2 aliphatic heterocycles. The minimum atomic E-state index is -1.01. The van der Waals surface area contributed by atoms with E-state index in [1.807, 2.05) is 25.1 Å². The monoisotopic (exact) mass is 455 g/mol. The van der Waals surface area contributed by atoms with E-state index in [4.69, 9.17) is 4.74 Å². The molecule has 0 radical (unpaired) electrons. The van der Waals surface area contributed by atoms with Crippen LogP contribution in [0.15, 0.2) is 58.1 Å². The van der Waals surface area contributed by atoms with Gasteiger partial charge in [-0.05, 0) is 55.8 Å². The molecule has 7 nitrogen and oxygen atoms in total. The first kappa shape index (κ1) is 19.3. The molecular weight excluding hydrogens is 438 g/mol. The van der Waals surface area contributed by atoms with Crippen LogP contribution in [0.4, 0.5) is 11.4 Å². The Labute approximate surface area is 176 Å². The number of imide groups is 1. The van der Waals surface area contributed by atoms with Gasteiger partial charge in [0.05, 0.1) is 18.0 Å². The SMILES string of the molecule is CCOC(=O)C1=NN(c2cccc(C)c2)C2C(=O)N(c3ccc(Br)cc3)C(=O)C12. The molecule has 2 aromatic carbocycles. The zero-order chi connectivity index (χ0) is 20.7. The molecule has 2 aromatic rings. The van der Waals surface area contributed by atoms with Gasteiger partial charge in [0.1, 0.15) is 12.0 Å². The number of hydrogen-bond donors (Lipinski definition) is 0. The van der Waals surface area contributed by atoms with Crippen LogP contribution in [-0.4, -0.2) is 36.1 Å². The van der Waals surface area contributed by atoms with Crippen molar-refractivity contribution in [2.24, 2.45) is 11.0 Å². The number of esters is 1. The topological polar surface area (TPSA) is 79.3 Å². The van der Waals surface area contributed by atoms with Crippen LogP contribution in [0.2, 0.25) is 0 Å². The summed E-state index contributed by atoms with van der Waals surface area (Å²) in [6, 6.07) is 13.3. The lowest BCUT2D eigenvalue weighted by Crippen LogP contribution is -2.39. The van der Waals surface area contributed by atoms with E-state index in [1.165, 1.54) is 5.01 Å². The zero-order valence-electron chi connectivity index (χ0n) is 15.8. The number of fused-ring (bicyclic) bond motifs is 1. The molecule has 1 saturated heterocycles. The minimum Gasteiger partial charge on any atom is -0.461 e. The third-order valence-electron chi connectivity index (χ3n) is 4.88. The second-order valence-electron chi connectivity index (χ2n) is 6.80. The summed E-state index contributed by atoms with van der Waals surface area (Å²) in [5.41, 5.74) is 2.01. The van der Waals surface area contributed by atoms with Gasteiger partial charge in [-0.2, -0.15) is 5.10 Å². The number of hydrazone groups is 1. The fraction of sp³-hybridized carbons (Fsp3) is 0.238. The number of amides is 2. The van der Waals surface area contributed by atoms with Gasteiger partial charge in [0.2, 0.25) is 5.91 Å². The van der Waals surface area contributed by atoms with E-state index in [9.17, 15) is 14.4 Å². The van der Waals surface area contributed by atoms with Gasteiger partial charge >= 0.3 is 5.97 Å². The molecule has 0 aromatic heterocycles. The molecule has 0 aliphatic carbocycles. The summed E-state index contributed by atoms with van der Waals surface area (Å²) in [7, 11) is 0. The predicted molar refractivity (Wildman–Crippen MR) is 112 cm³/mol. The Hall–Kier alpha value is -3.00. The summed E-state index contributed by atoms with van der Waals surface area (Å²) in [5.74, 6) is -2.60. The van der Waals surface area contributed by atoms with E-state index in [0.29, 0.717) is 11.4 Å². The Kier molecular flexibility index (Phi) is 4.96. The van der Waals surface area contributed by atoms with E-state index in [2.05, 4.69) is 21.0 Å². The molecule has 0 N–H and O–H groups in total. The van der Waals surface area contributed by atoms with Crippen molar-refractivity contribution in [3.05, 3.63) is 58.6 Å². The lowest BCUT2D eigenvalue weighted by molar-refractivity contribution is -0.136. The van der Waals surface area contributed by atoms with Gasteiger partial charge < -0.3 is 4.74 Å². The number of rotatable bonds is 4. The number of carbonyl (C=O) groups is 3. The molecule has 0 saturated carbocycles. The molecule has 8 heteroatoms. The van der Waals surface area contributed by atoms with Crippen molar-refractivity contribution in [3.8, 4) is 0 Å². The summed E-state index contributed by atoms with van der Waals surface area (Å²) in [4.78, 5) is 40.2. The van der Waals surface area contributed by atoms with Crippen LogP contribution in [0.5, 0.6) is 0 Å². The van der Waals surface area contributed by atoms with Crippen LogP contribution in [-0.2, 0) is 19.1 Å². The number of ether oxygens (including phenoxy) is 1. The third kappa shape index (κ3) is 3.23. The van der Waals surface area contributed by atoms with Crippen molar-refractivity contribution in [3.63, 3.8) is 0 Å². The number of anilines is 2. The third-order valence-corrected chi connectivity index (χ3v) is 5.41. The molecule has 4 rings (SSSR count). The second-order valence-corrected chi connectivity index (χ2v) is 7.72. The van der Waals surface area contributed by atoms with Crippen LogP contribution in [0, 0.1) is 12.8 Å². The van der Waals surface area contributed by atoms with Crippen molar-refractivity contribution in [1.82, 2.24) is 0 Å². The van der Waals surface area contributed by atoms with Gasteiger partial charge in [0.25, 0.3) is 5.91 Å². The fourth-order valence-electron chi connectivity index (χ4n) is 3.62. The van der Waals surface area contributed by atoms with Crippen LogP contribution in [0.25, 0.3) is 0 Å². The van der Waals surface area contributed by atoms with Gasteiger partial charge in [-0.15, -0.1) is 0 Å². The van der Waals surface area contributed by atoms with Crippen molar-refractivity contribution in [2.45, 2.75) is 19.9 Å². The minimum absolute atomic E-state index is 0.0451. The van der Waals surface area contributed by atoms with Crippen molar-refractivity contribution in [2.75, 3.05) is 16.5 Å². The highest BCUT2D eigenvalue weighted by Gasteiger charge is 2.59. The predicted octanol–water partition coefficient (Wildman–Crippen LogP) is 3.05. The molecule has 2 unspecified atom stereocenters. The standard InChI is InChI=1S/C21H18BrN3O4/c1-3-29-21(28)17-16-18(25(23-17)15-6-4-5-12(2)11-15)20(27)24(19(16)26)14-9-7-13(22)8-10-14/h4-11,16,18H,3H2,1-2H3. The summed E-state index contributed by atoms with van der Waals surface area (Å²) in [6.07, 6.45) is 0. The molecule has 0 bridgehead atoms. The normalized spacial score (nSPS) is 20.7. The van der Waals surface area contributed by atoms with Gasteiger partial charge in [-0.3, -0.25) is 14.6 Å². The van der Waals surface area contributed by atoms with Crippen molar-refractivity contribution >= 4 is 50.8 Å². The van der Waals surface area contributed by atoms with Crippen LogP contribution >= 0.6 is 15.9 Å². The number of aryl methyl sites for hydroxylation is 1. The molecule has 0 spiro atoms. The highest BCUT2D eigenvalue weighted by atomic mass is 79.9. The first-order valence-electron chi connectivity index (χ1n) is 9.17.